The van der Waals surface area contributed by atoms with Crippen LogP contribution < -0.4 is 25.3 Å². The fraction of sp³-hybridized carbons (Fsp3) is 0.444. The zero-order valence-electron chi connectivity index (χ0n) is 24.0. The van der Waals surface area contributed by atoms with E-state index in [-0.39, 0.29) is 10.1 Å². The fourth-order valence-electron chi connectivity index (χ4n) is 5.16. The summed E-state index contributed by atoms with van der Waals surface area (Å²) in [6, 6.07) is 5.36. The van der Waals surface area contributed by atoms with E-state index in [2.05, 4.69) is 29.9 Å². The van der Waals surface area contributed by atoms with E-state index < -0.39 is 16.3 Å². The Labute approximate surface area is 258 Å². The van der Waals surface area contributed by atoms with Gasteiger partial charge in [-0.2, -0.15) is 5.48 Å². The lowest BCUT2D eigenvalue weighted by Gasteiger charge is -2.32. The normalized spacial score (nSPS) is 17.2. The topological polar surface area (TPSA) is 191 Å². The van der Waals surface area contributed by atoms with Crippen molar-refractivity contribution in [1.29, 1.82) is 0 Å². The summed E-state index contributed by atoms with van der Waals surface area (Å²) in [4.78, 5) is 26.7. The van der Waals surface area contributed by atoms with E-state index in [1.807, 2.05) is 17.0 Å². The number of aliphatic hydroxyl groups is 1. The Morgan fingerprint density at radius 1 is 1.05 bits per heavy atom. The molecule has 2 fully saturated rings. The molecule has 2 saturated heterocycles. The number of aliphatic hydroxyl groups excluding tert-OH is 1. The summed E-state index contributed by atoms with van der Waals surface area (Å²) in [5.41, 5.74) is 3.41. The minimum Gasteiger partial charge on any atom is -0.378 e. The van der Waals surface area contributed by atoms with Gasteiger partial charge in [0.15, 0.2) is 17.9 Å². The van der Waals surface area contributed by atoms with E-state index in [9.17, 15) is 13.5 Å². The van der Waals surface area contributed by atoms with Gasteiger partial charge in [0.2, 0.25) is 16.0 Å². The van der Waals surface area contributed by atoms with E-state index in [0.717, 1.165) is 28.9 Å². The molecule has 0 saturated carbocycles. The highest BCUT2D eigenvalue weighted by Gasteiger charge is 2.27. The number of aromatic nitrogens is 5. The molecule has 44 heavy (non-hydrogen) atoms. The van der Waals surface area contributed by atoms with Crippen LogP contribution in [-0.4, -0.2) is 96.6 Å². The van der Waals surface area contributed by atoms with E-state index in [4.69, 9.17) is 19.9 Å². The lowest BCUT2D eigenvalue weighted by molar-refractivity contribution is 0.000306. The highest BCUT2D eigenvalue weighted by molar-refractivity contribution is 7.91. The van der Waals surface area contributed by atoms with Crippen LogP contribution in [0.25, 0.3) is 21.6 Å². The largest absolute Gasteiger partial charge is 0.378 e. The quantitative estimate of drug-likeness (QED) is 0.124. The molecule has 2 aliphatic heterocycles. The molecule has 1 atom stereocenters. The van der Waals surface area contributed by atoms with Gasteiger partial charge < -0.3 is 30.2 Å². The molecule has 234 valence electrons. The summed E-state index contributed by atoms with van der Waals surface area (Å²) >= 11 is 1.18. The Kier molecular flexibility index (Phi) is 9.13. The molecule has 0 aliphatic carbocycles. The third kappa shape index (κ3) is 6.58. The molecule has 0 spiro atoms. The van der Waals surface area contributed by atoms with Crippen molar-refractivity contribution in [2.75, 3.05) is 68.1 Å². The number of hydroxylamine groups is 1. The molecule has 0 bridgehead atoms. The van der Waals surface area contributed by atoms with Crippen molar-refractivity contribution in [3.05, 3.63) is 42.4 Å². The van der Waals surface area contributed by atoms with E-state index >= 15 is 0 Å². The van der Waals surface area contributed by atoms with Crippen LogP contribution in [0.1, 0.15) is 24.6 Å². The van der Waals surface area contributed by atoms with Gasteiger partial charge in [0.1, 0.15) is 10.0 Å². The summed E-state index contributed by atoms with van der Waals surface area (Å²) < 4.78 is 36.2. The van der Waals surface area contributed by atoms with E-state index in [1.54, 1.807) is 24.8 Å². The number of pyridine rings is 1. The second-order valence-electron chi connectivity index (χ2n) is 10.6. The standard InChI is InChI=1S/C27H34N10O5S2/c1-28-21-3-2-18(14-29-21)24-33-20-12-22(43-23(20)25(34-24)36-8-10-42-11-9-36)44(40,41)32-13-17-4-6-37(7-5-17)27-30-15-19(16-31-27)26(38)35-39/h2-3,12,14-17,26,32,35,38-39H,4-11,13H2,1H3,(H,28,29). The molecule has 2 aliphatic rings. The van der Waals surface area contributed by atoms with Gasteiger partial charge in [-0.05, 0) is 37.0 Å². The summed E-state index contributed by atoms with van der Waals surface area (Å²) in [5, 5.41) is 21.5. The van der Waals surface area contributed by atoms with E-state index in [0.29, 0.717) is 74.6 Å². The second-order valence-corrected chi connectivity index (χ2v) is 13.6. The van der Waals surface area contributed by atoms with Crippen LogP contribution in [0.3, 0.4) is 0 Å². The Morgan fingerprint density at radius 3 is 2.45 bits per heavy atom. The van der Waals surface area contributed by atoms with Gasteiger partial charge in [0.25, 0.3) is 0 Å². The minimum absolute atomic E-state index is 0.151. The molecule has 17 heteroatoms. The molecular formula is C27H34N10O5S2. The Bertz CT molecular complexity index is 1670. The van der Waals surface area contributed by atoms with Crippen LogP contribution in [0.4, 0.5) is 17.6 Å². The van der Waals surface area contributed by atoms with Crippen molar-refractivity contribution in [2.45, 2.75) is 23.3 Å². The molecule has 4 aromatic heterocycles. The maximum atomic E-state index is 13.5. The van der Waals surface area contributed by atoms with Gasteiger partial charge in [-0.3, -0.25) is 0 Å². The molecule has 15 nitrogen and oxygen atoms in total. The summed E-state index contributed by atoms with van der Waals surface area (Å²) in [7, 11) is -1.99. The average Bonchev–Trinajstić information content (AvgIpc) is 3.53. The van der Waals surface area contributed by atoms with Crippen LogP contribution in [0.15, 0.2) is 41.0 Å². The summed E-state index contributed by atoms with van der Waals surface area (Å²) in [6.45, 7) is 4.08. The van der Waals surface area contributed by atoms with Crippen molar-refractivity contribution in [2.24, 2.45) is 5.92 Å². The molecule has 6 heterocycles. The Balaban J connectivity index is 1.16. The van der Waals surface area contributed by atoms with Gasteiger partial charge in [0, 0.05) is 69.5 Å². The number of nitrogens with one attached hydrogen (secondary N) is 3. The maximum Gasteiger partial charge on any atom is 0.250 e. The number of fused-ring (bicyclic) bond motifs is 1. The highest BCUT2D eigenvalue weighted by Crippen LogP contribution is 2.36. The number of piperidine rings is 1. The molecular weight excluding hydrogens is 608 g/mol. The monoisotopic (exact) mass is 642 g/mol. The Morgan fingerprint density at radius 2 is 1.80 bits per heavy atom. The predicted octanol–water partition coefficient (Wildman–Crippen LogP) is 1.59. The summed E-state index contributed by atoms with van der Waals surface area (Å²) in [5.74, 6) is 2.58. The van der Waals surface area contributed by atoms with Gasteiger partial charge in [0.05, 0.1) is 23.4 Å². The maximum absolute atomic E-state index is 13.5. The molecule has 1 unspecified atom stereocenters. The first-order valence-corrected chi connectivity index (χ1v) is 16.6. The van der Waals surface area contributed by atoms with Crippen LogP contribution >= 0.6 is 11.3 Å². The fourth-order valence-corrected chi connectivity index (χ4v) is 7.74. The van der Waals surface area contributed by atoms with E-state index in [1.165, 1.54) is 23.7 Å². The zero-order chi connectivity index (χ0) is 30.7. The number of ether oxygens (including phenoxy) is 1. The molecule has 0 aromatic carbocycles. The lowest BCUT2D eigenvalue weighted by Crippen LogP contribution is -2.39. The number of morpholine rings is 1. The SMILES string of the molecule is CNc1ccc(-c2nc(N3CCOCC3)c3sc(S(=O)(=O)NCC4CCN(c5ncc(C(O)NO)cn5)CC4)cc3n2)cn1. The van der Waals surface area contributed by atoms with Crippen LogP contribution in [0.5, 0.6) is 0 Å². The summed E-state index contributed by atoms with van der Waals surface area (Å²) in [6.07, 6.45) is 4.88. The number of hydrogen-bond acceptors (Lipinski definition) is 15. The van der Waals surface area contributed by atoms with Crippen molar-refractivity contribution in [3.8, 4) is 11.4 Å². The first-order valence-electron chi connectivity index (χ1n) is 14.3. The third-order valence-electron chi connectivity index (χ3n) is 7.74. The number of nitrogens with zero attached hydrogens (tertiary/aromatic N) is 7. The van der Waals surface area contributed by atoms with Gasteiger partial charge in [-0.15, -0.1) is 11.3 Å². The number of rotatable bonds is 10. The zero-order valence-corrected chi connectivity index (χ0v) is 25.7. The second kappa shape index (κ2) is 13.2. The number of hydrogen-bond donors (Lipinski definition) is 5. The van der Waals surface area contributed by atoms with Crippen molar-refractivity contribution in [3.63, 3.8) is 0 Å². The molecule has 4 aromatic rings. The number of anilines is 3. The molecule has 0 radical (unpaired) electrons. The van der Waals surface area contributed by atoms with Crippen LogP contribution in [0.2, 0.25) is 0 Å². The minimum atomic E-state index is -3.79. The van der Waals surface area contributed by atoms with Crippen molar-refractivity contribution < 1.29 is 23.5 Å². The number of sulfonamides is 1. The van der Waals surface area contributed by atoms with Crippen molar-refractivity contribution >= 4 is 49.2 Å². The third-order valence-corrected chi connectivity index (χ3v) is 10.8. The van der Waals surface area contributed by atoms with Crippen LogP contribution in [-0.2, 0) is 14.8 Å². The number of thiophene rings is 1. The lowest BCUT2D eigenvalue weighted by atomic mass is 9.97. The Hall–Kier alpha value is -3.58. The molecule has 5 N–H and O–H groups in total. The average molecular weight is 643 g/mol. The van der Waals surface area contributed by atoms with Crippen molar-refractivity contribution in [1.82, 2.24) is 35.1 Å². The predicted molar refractivity (Wildman–Crippen MR) is 165 cm³/mol. The van der Waals surface area contributed by atoms with Gasteiger partial charge in [-0.25, -0.2) is 38.1 Å². The molecule has 6 rings (SSSR count). The first-order chi connectivity index (χ1) is 21.3. The molecule has 0 amide bonds. The first kappa shape index (κ1) is 30.4. The van der Waals surface area contributed by atoms with Gasteiger partial charge in [-0.1, -0.05) is 0 Å². The smallest absolute Gasteiger partial charge is 0.250 e. The highest BCUT2D eigenvalue weighted by atomic mass is 32.2. The van der Waals surface area contributed by atoms with Crippen LogP contribution in [0, 0.1) is 5.92 Å². The van der Waals surface area contributed by atoms with Gasteiger partial charge >= 0.3 is 0 Å².